The number of amides is 2. The molecule has 82 valence electrons. The molecule has 0 aromatic rings. The molecule has 0 aromatic heterocycles. The smallest absolute Gasteiger partial charge is 0.315 e. The van der Waals surface area contributed by atoms with Gasteiger partial charge in [-0.05, 0) is 46.5 Å². The molecule has 2 amide bonds. The number of nitrogens with one attached hydrogen (secondary N) is 2. The van der Waals surface area contributed by atoms with Gasteiger partial charge in [0, 0.05) is 11.6 Å². The summed E-state index contributed by atoms with van der Waals surface area (Å²) in [5.74, 6) is 0.695. The van der Waals surface area contributed by atoms with E-state index in [9.17, 15) is 4.79 Å². The van der Waals surface area contributed by atoms with E-state index >= 15 is 0 Å². The minimum Gasteiger partial charge on any atom is -0.335 e. The van der Waals surface area contributed by atoms with Crippen LogP contribution in [0.1, 0.15) is 47.0 Å². The normalized spacial score (nSPS) is 19.7. The minimum absolute atomic E-state index is 0.0445. The van der Waals surface area contributed by atoms with E-state index in [0.29, 0.717) is 12.0 Å². The molecule has 0 bridgehead atoms. The molecule has 2 N–H and O–H groups in total. The molecule has 1 rings (SSSR count). The molecule has 1 atom stereocenters. The summed E-state index contributed by atoms with van der Waals surface area (Å²) in [7, 11) is 0. The number of rotatable bonds is 2. The predicted octanol–water partition coefficient (Wildman–Crippen LogP) is 2.27. The first kappa shape index (κ1) is 11.3. The summed E-state index contributed by atoms with van der Waals surface area (Å²) in [6.07, 6.45) is 3.84. The lowest BCUT2D eigenvalue weighted by atomic mass is 9.80. The minimum atomic E-state index is -0.149. The molecular weight excluding hydrogens is 176 g/mol. The highest BCUT2D eigenvalue weighted by Gasteiger charge is 2.25. The first-order valence-electron chi connectivity index (χ1n) is 5.47. The molecule has 0 spiro atoms. The van der Waals surface area contributed by atoms with E-state index in [0.717, 1.165) is 0 Å². The van der Waals surface area contributed by atoms with Gasteiger partial charge < -0.3 is 10.6 Å². The van der Waals surface area contributed by atoms with Crippen LogP contribution in [0.5, 0.6) is 0 Å². The van der Waals surface area contributed by atoms with Gasteiger partial charge in [0.1, 0.15) is 0 Å². The standard InChI is InChI=1S/C11H22N2O/c1-8(9-6-5-7-9)12-10(14)13-11(2,3)4/h8-9H,5-7H2,1-4H3,(H2,12,13,14). The van der Waals surface area contributed by atoms with Gasteiger partial charge in [0.2, 0.25) is 0 Å². The first-order chi connectivity index (χ1) is 6.38. The molecule has 3 nitrogen and oxygen atoms in total. The summed E-state index contributed by atoms with van der Waals surface area (Å²) < 4.78 is 0. The van der Waals surface area contributed by atoms with Crippen molar-refractivity contribution in [2.75, 3.05) is 0 Å². The monoisotopic (exact) mass is 198 g/mol. The van der Waals surface area contributed by atoms with Gasteiger partial charge in [-0.1, -0.05) is 6.42 Å². The zero-order chi connectivity index (χ0) is 10.8. The lowest BCUT2D eigenvalue weighted by molar-refractivity contribution is 0.207. The maximum absolute atomic E-state index is 11.5. The molecule has 1 aliphatic carbocycles. The molecule has 0 aliphatic heterocycles. The Balaban J connectivity index is 2.25. The zero-order valence-corrected chi connectivity index (χ0v) is 9.68. The topological polar surface area (TPSA) is 41.1 Å². The van der Waals surface area contributed by atoms with Crippen LogP contribution in [0.4, 0.5) is 4.79 Å². The van der Waals surface area contributed by atoms with Crippen molar-refractivity contribution in [3.8, 4) is 0 Å². The first-order valence-corrected chi connectivity index (χ1v) is 5.47. The second kappa shape index (κ2) is 4.20. The van der Waals surface area contributed by atoms with Crippen LogP contribution in [-0.2, 0) is 0 Å². The lowest BCUT2D eigenvalue weighted by Gasteiger charge is -2.32. The zero-order valence-electron chi connectivity index (χ0n) is 9.68. The predicted molar refractivity (Wildman–Crippen MR) is 58.2 cm³/mol. The van der Waals surface area contributed by atoms with Crippen molar-refractivity contribution < 1.29 is 4.79 Å². The summed E-state index contributed by atoms with van der Waals surface area (Å²) in [6, 6.07) is 0.267. The largest absolute Gasteiger partial charge is 0.335 e. The molecule has 0 saturated heterocycles. The highest BCUT2D eigenvalue weighted by molar-refractivity contribution is 5.74. The van der Waals surface area contributed by atoms with Crippen molar-refractivity contribution in [1.29, 1.82) is 0 Å². The summed E-state index contributed by atoms with van der Waals surface area (Å²) in [5, 5.41) is 5.89. The summed E-state index contributed by atoms with van der Waals surface area (Å²) in [5.41, 5.74) is -0.149. The summed E-state index contributed by atoms with van der Waals surface area (Å²) in [6.45, 7) is 8.05. The van der Waals surface area contributed by atoms with Crippen LogP contribution in [-0.4, -0.2) is 17.6 Å². The van der Waals surface area contributed by atoms with Gasteiger partial charge in [0.15, 0.2) is 0 Å². The Bertz CT molecular complexity index is 204. The van der Waals surface area contributed by atoms with Crippen LogP contribution in [0.25, 0.3) is 0 Å². The van der Waals surface area contributed by atoms with Gasteiger partial charge in [0.25, 0.3) is 0 Å². The molecule has 1 saturated carbocycles. The van der Waals surface area contributed by atoms with Crippen molar-refractivity contribution in [2.24, 2.45) is 5.92 Å². The molecule has 1 aliphatic rings. The van der Waals surface area contributed by atoms with Gasteiger partial charge in [-0.15, -0.1) is 0 Å². The van der Waals surface area contributed by atoms with Gasteiger partial charge in [-0.25, -0.2) is 4.79 Å². The number of carbonyl (C=O) groups is 1. The Morgan fingerprint density at radius 2 is 1.93 bits per heavy atom. The van der Waals surface area contributed by atoms with Crippen LogP contribution in [0, 0.1) is 5.92 Å². The van der Waals surface area contributed by atoms with Crippen LogP contribution in [0.3, 0.4) is 0 Å². The highest BCUT2D eigenvalue weighted by Crippen LogP contribution is 2.29. The van der Waals surface area contributed by atoms with Crippen molar-refractivity contribution in [3.05, 3.63) is 0 Å². The van der Waals surface area contributed by atoms with E-state index in [4.69, 9.17) is 0 Å². The molecule has 0 radical (unpaired) electrons. The Hall–Kier alpha value is -0.730. The second-order valence-electron chi connectivity index (χ2n) is 5.33. The maximum atomic E-state index is 11.5. The quantitative estimate of drug-likeness (QED) is 0.702. The molecule has 3 heteroatoms. The lowest BCUT2D eigenvalue weighted by Crippen LogP contribution is -2.51. The average molecular weight is 198 g/mol. The third-order valence-corrected chi connectivity index (χ3v) is 2.70. The van der Waals surface area contributed by atoms with Crippen LogP contribution in [0.2, 0.25) is 0 Å². The second-order valence-corrected chi connectivity index (χ2v) is 5.33. The number of carbonyl (C=O) groups excluding carboxylic acids is 1. The van der Waals surface area contributed by atoms with Crippen LogP contribution in [0.15, 0.2) is 0 Å². The van der Waals surface area contributed by atoms with Crippen LogP contribution >= 0.6 is 0 Å². The molecule has 1 unspecified atom stereocenters. The van der Waals surface area contributed by atoms with Crippen LogP contribution < -0.4 is 10.6 Å². The Morgan fingerprint density at radius 3 is 2.29 bits per heavy atom. The molecule has 0 aromatic carbocycles. The number of hydrogen-bond donors (Lipinski definition) is 2. The molecular formula is C11H22N2O. The highest BCUT2D eigenvalue weighted by atomic mass is 16.2. The van der Waals surface area contributed by atoms with Crippen molar-refractivity contribution in [3.63, 3.8) is 0 Å². The SMILES string of the molecule is CC(NC(=O)NC(C)(C)C)C1CCC1. The van der Waals surface area contributed by atoms with Crippen molar-refractivity contribution in [1.82, 2.24) is 10.6 Å². The van der Waals surface area contributed by atoms with Gasteiger partial charge in [-0.2, -0.15) is 0 Å². The van der Waals surface area contributed by atoms with E-state index < -0.39 is 0 Å². The van der Waals surface area contributed by atoms with E-state index in [1.54, 1.807) is 0 Å². The average Bonchev–Trinajstić information content (AvgIpc) is 1.75. The van der Waals surface area contributed by atoms with Crippen molar-refractivity contribution >= 4 is 6.03 Å². The van der Waals surface area contributed by atoms with E-state index in [2.05, 4.69) is 17.6 Å². The third-order valence-electron chi connectivity index (χ3n) is 2.70. The fourth-order valence-electron chi connectivity index (χ4n) is 1.64. The molecule has 0 heterocycles. The number of hydrogen-bond acceptors (Lipinski definition) is 1. The van der Waals surface area contributed by atoms with Gasteiger partial charge in [-0.3, -0.25) is 0 Å². The van der Waals surface area contributed by atoms with E-state index in [-0.39, 0.29) is 11.6 Å². The van der Waals surface area contributed by atoms with Crippen molar-refractivity contribution in [2.45, 2.75) is 58.5 Å². The maximum Gasteiger partial charge on any atom is 0.315 e. The fourth-order valence-corrected chi connectivity index (χ4v) is 1.64. The fraction of sp³-hybridized carbons (Fsp3) is 0.909. The Kier molecular flexibility index (Phi) is 3.40. The third kappa shape index (κ3) is 3.56. The van der Waals surface area contributed by atoms with Gasteiger partial charge in [0.05, 0.1) is 0 Å². The van der Waals surface area contributed by atoms with E-state index in [1.165, 1.54) is 19.3 Å². The summed E-state index contributed by atoms with van der Waals surface area (Å²) >= 11 is 0. The molecule has 14 heavy (non-hydrogen) atoms. The van der Waals surface area contributed by atoms with E-state index in [1.807, 2.05) is 20.8 Å². The Labute approximate surface area is 86.6 Å². The molecule has 1 fully saturated rings. The summed E-state index contributed by atoms with van der Waals surface area (Å²) in [4.78, 5) is 11.5. The van der Waals surface area contributed by atoms with Gasteiger partial charge >= 0.3 is 6.03 Å². The Morgan fingerprint density at radius 1 is 1.36 bits per heavy atom. The number of urea groups is 1.